The Balaban J connectivity index is 3.38. The van der Waals surface area contributed by atoms with Crippen LogP contribution in [0.15, 0.2) is 36.5 Å². The van der Waals surface area contributed by atoms with Crippen LogP contribution >= 0.6 is 0 Å². The molecular formula is C69H131NO5. The van der Waals surface area contributed by atoms with Crippen molar-refractivity contribution in [3.05, 3.63) is 36.5 Å². The van der Waals surface area contributed by atoms with Gasteiger partial charge < -0.3 is 20.3 Å². The predicted octanol–water partition coefficient (Wildman–Crippen LogP) is 21.5. The zero-order valence-corrected chi connectivity index (χ0v) is 50.5. The Morgan fingerprint density at radius 2 is 0.667 bits per heavy atom. The van der Waals surface area contributed by atoms with Crippen LogP contribution in [0, 0.1) is 0 Å². The average molecular weight is 1050 g/mol. The normalized spacial score (nSPS) is 12.7. The molecule has 0 spiro atoms. The molecule has 0 fully saturated rings. The summed E-state index contributed by atoms with van der Waals surface area (Å²) in [6, 6.07) is -0.543. The molecule has 0 aliphatic rings. The molecule has 0 aromatic heterocycles. The number of allylic oxidation sites excluding steroid dienone is 6. The van der Waals surface area contributed by atoms with E-state index in [0.717, 1.165) is 51.4 Å². The van der Waals surface area contributed by atoms with Gasteiger partial charge in [0.25, 0.3) is 0 Å². The van der Waals surface area contributed by atoms with Gasteiger partial charge in [0.2, 0.25) is 5.91 Å². The fourth-order valence-corrected chi connectivity index (χ4v) is 10.5. The summed E-state index contributed by atoms with van der Waals surface area (Å²) in [4.78, 5) is 24.6. The summed E-state index contributed by atoms with van der Waals surface area (Å²) >= 11 is 0. The van der Waals surface area contributed by atoms with Crippen molar-refractivity contribution in [1.29, 1.82) is 0 Å². The summed E-state index contributed by atoms with van der Waals surface area (Å²) in [5.41, 5.74) is 0. The third-order valence-electron chi connectivity index (χ3n) is 15.7. The third kappa shape index (κ3) is 61.2. The van der Waals surface area contributed by atoms with Crippen LogP contribution in [0.5, 0.6) is 0 Å². The van der Waals surface area contributed by atoms with Gasteiger partial charge in [-0.1, -0.05) is 307 Å². The minimum absolute atomic E-state index is 0.00728. The molecule has 0 rings (SSSR count). The largest absolute Gasteiger partial charge is 0.466 e. The SMILES string of the molecule is CCCCCC/C=C\C/C=C\CCCCCCCCCC(=O)OCCCCCCCCCCCCCC/C=C\CCCCCCCCCCCCC(=O)NC(CO)C(O)CCCCCCCCCCCCCCCC. The number of aliphatic hydroxyl groups excluding tert-OH is 2. The number of carbonyl (C=O) groups is 2. The highest BCUT2D eigenvalue weighted by molar-refractivity contribution is 5.76. The number of hydrogen-bond donors (Lipinski definition) is 3. The van der Waals surface area contributed by atoms with E-state index in [1.807, 2.05) is 0 Å². The number of unbranched alkanes of at least 4 members (excludes halogenated alkanes) is 46. The molecule has 2 unspecified atom stereocenters. The van der Waals surface area contributed by atoms with Crippen molar-refractivity contribution in [3.63, 3.8) is 0 Å². The Kier molecular flexibility index (Phi) is 63.0. The Morgan fingerprint density at radius 3 is 1.04 bits per heavy atom. The summed E-state index contributed by atoms with van der Waals surface area (Å²) in [5.74, 6) is -0.0280. The zero-order chi connectivity index (χ0) is 54.3. The summed E-state index contributed by atoms with van der Waals surface area (Å²) in [6.45, 7) is 4.95. The van der Waals surface area contributed by atoms with Crippen molar-refractivity contribution in [3.8, 4) is 0 Å². The molecule has 0 heterocycles. The topological polar surface area (TPSA) is 95.9 Å². The highest BCUT2D eigenvalue weighted by atomic mass is 16.5. The summed E-state index contributed by atoms with van der Waals surface area (Å²) in [5, 5.41) is 23.3. The van der Waals surface area contributed by atoms with E-state index in [2.05, 4.69) is 55.6 Å². The van der Waals surface area contributed by atoms with Gasteiger partial charge >= 0.3 is 5.97 Å². The van der Waals surface area contributed by atoms with Crippen molar-refractivity contribution in [2.45, 2.75) is 379 Å². The van der Waals surface area contributed by atoms with Crippen molar-refractivity contribution in [2.75, 3.05) is 13.2 Å². The van der Waals surface area contributed by atoms with Crippen LogP contribution in [-0.4, -0.2) is 47.4 Å². The Hall–Kier alpha value is -1.92. The highest BCUT2D eigenvalue weighted by Crippen LogP contribution is 2.18. The molecule has 442 valence electrons. The van der Waals surface area contributed by atoms with Gasteiger partial charge in [-0.05, 0) is 83.5 Å². The van der Waals surface area contributed by atoms with Crippen LogP contribution in [0.2, 0.25) is 0 Å². The second-order valence-corrected chi connectivity index (χ2v) is 23.1. The number of amides is 1. The smallest absolute Gasteiger partial charge is 0.305 e. The lowest BCUT2D eigenvalue weighted by Crippen LogP contribution is -2.45. The third-order valence-corrected chi connectivity index (χ3v) is 15.7. The average Bonchev–Trinajstić information content (AvgIpc) is 3.41. The van der Waals surface area contributed by atoms with Crippen LogP contribution in [-0.2, 0) is 14.3 Å². The van der Waals surface area contributed by atoms with Gasteiger partial charge in [-0.3, -0.25) is 9.59 Å². The monoisotopic (exact) mass is 1050 g/mol. The second kappa shape index (κ2) is 64.6. The van der Waals surface area contributed by atoms with E-state index in [0.29, 0.717) is 25.9 Å². The molecule has 75 heavy (non-hydrogen) atoms. The number of nitrogens with one attached hydrogen (secondary N) is 1. The molecule has 0 aromatic carbocycles. The number of carbonyl (C=O) groups excluding carboxylic acids is 2. The minimum atomic E-state index is -0.665. The van der Waals surface area contributed by atoms with E-state index < -0.39 is 12.1 Å². The van der Waals surface area contributed by atoms with Crippen LogP contribution in [0.25, 0.3) is 0 Å². The van der Waals surface area contributed by atoms with Crippen molar-refractivity contribution >= 4 is 11.9 Å². The Morgan fingerprint density at radius 1 is 0.373 bits per heavy atom. The molecular weight excluding hydrogens is 923 g/mol. The maximum Gasteiger partial charge on any atom is 0.305 e. The lowest BCUT2D eigenvalue weighted by atomic mass is 10.0. The molecule has 0 aromatic rings. The lowest BCUT2D eigenvalue weighted by molar-refractivity contribution is -0.143. The maximum atomic E-state index is 12.5. The standard InChI is InChI=1S/C69H131NO5/c1-3-5-7-9-11-13-15-17-19-20-32-35-39-43-47-51-55-59-63-69(74)75-64-60-56-52-48-44-40-36-33-30-28-26-24-22-21-23-25-27-29-31-34-38-42-46-50-54-58-62-68(73)70-66(65-71)67(72)61-57-53-49-45-41-37-18-16-14-12-10-8-6-4-2/h13,15,19-21,23,66-67,71-72H,3-12,14,16-18,22,24-65H2,1-2H3,(H,70,73)/b15-13-,20-19-,23-21-. The number of hydrogen-bond acceptors (Lipinski definition) is 5. The van der Waals surface area contributed by atoms with E-state index in [1.54, 1.807) is 0 Å². The second-order valence-electron chi connectivity index (χ2n) is 23.1. The molecule has 0 aliphatic heterocycles. The molecule has 0 saturated heterocycles. The first-order chi connectivity index (χ1) is 37.0. The molecule has 0 aliphatic carbocycles. The number of ether oxygens (including phenoxy) is 1. The summed E-state index contributed by atoms with van der Waals surface area (Å²) in [6.07, 6.45) is 81.7. The van der Waals surface area contributed by atoms with Gasteiger partial charge in [0.1, 0.15) is 0 Å². The van der Waals surface area contributed by atoms with Crippen LogP contribution < -0.4 is 5.32 Å². The lowest BCUT2D eigenvalue weighted by Gasteiger charge is -2.22. The van der Waals surface area contributed by atoms with Crippen molar-refractivity contribution in [1.82, 2.24) is 5.32 Å². The highest BCUT2D eigenvalue weighted by Gasteiger charge is 2.20. The summed E-state index contributed by atoms with van der Waals surface area (Å²) in [7, 11) is 0. The van der Waals surface area contributed by atoms with E-state index in [9.17, 15) is 19.8 Å². The number of rotatable bonds is 63. The molecule has 1 amide bonds. The van der Waals surface area contributed by atoms with Crippen molar-refractivity contribution < 1.29 is 24.5 Å². The van der Waals surface area contributed by atoms with Crippen LogP contribution in [0.3, 0.4) is 0 Å². The Labute approximate surface area is 468 Å². The molecule has 3 N–H and O–H groups in total. The van der Waals surface area contributed by atoms with Gasteiger partial charge in [0.05, 0.1) is 25.4 Å². The van der Waals surface area contributed by atoms with Gasteiger partial charge in [-0.15, -0.1) is 0 Å². The van der Waals surface area contributed by atoms with E-state index in [-0.39, 0.29) is 18.5 Å². The van der Waals surface area contributed by atoms with Crippen LogP contribution in [0.1, 0.15) is 367 Å². The van der Waals surface area contributed by atoms with Crippen LogP contribution in [0.4, 0.5) is 0 Å². The van der Waals surface area contributed by atoms with Gasteiger partial charge in [0, 0.05) is 12.8 Å². The first kappa shape index (κ1) is 73.1. The van der Waals surface area contributed by atoms with E-state index in [1.165, 1.54) is 283 Å². The maximum absolute atomic E-state index is 12.5. The quantitative estimate of drug-likeness (QED) is 0.0320. The van der Waals surface area contributed by atoms with E-state index in [4.69, 9.17) is 4.74 Å². The number of aliphatic hydroxyl groups is 2. The fourth-order valence-electron chi connectivity index (χ4n) is 10.5. The van der Waals surface area contributed by atoms with Crippen molar-refractivity contribution in [2.24, 2.45) is 0 Å². The van der Waals surface area contributed by atoms with Gasteiger partial charge in [-0.25, -0.2) is 0 Å². The summed E-state index contributed by atoms with van der Waals surface area (Å²) < 4.78 is 5.50. The molecule has 2 atom stereocenters. The fraction of sp³-hybridized carbons (Fsp3) is 0.884. The minimum Gasteiger partial charge on any atom is -0.466 e. The molecule has 0 radical (unpaired) electrons. The molecule has 0 saturated carbocycles. The predicted molar refractivity (Wildman–Crippen MR) is 329 cm³/mol. The van der Waals surface area contributed by atoms with Gasteiger partial charge in [0.15, 0.2) is 0 Å². The molecule has 0 bridgehead atoms. The number of esters is 1. The first-order valence-electron chi connectivity index (χ1n) is 33.7. The Bertz CT molecular complexity index is 1210. The zero-order valence-electron chi connectivity index (χ0n) is 50.5. The van der Waals surface area contributed by atoms with E-state index >= 15 is 0 Å². The molecule has 6 heteroatoms. The first-order valence-corrected chi connectivity index (χ1v) is 33.7. The molecule has 6 nitrogen and oxygen atoms in total. The van der Waals surface area contributed by atoms with Gasteiger partial charge in [-0.2, -0.15) is 0 Å².